The van der Waals surface area contributed by atoms with Crippen molar-refractivity contribution in [3.8, 4) is 11.4 Å². The van der Waals surface area contributed by atoms with Gasteiger partial charge in [0.1, 0.15) is 11.3 Å². The van der Waals surface area contributed by atoms with Gasteiger partial charge in [-0.2, -0.15) is 0 Å². The quantitative estimate of drug-likeness (QED) is 0.773. The van der Waals surface area contributed by atoms with Crippen LogP contribution in [0, 0.1) is 5.82 Å². The third kappa shape index (κ3) is 2.14. The number of aromatic nitrogens is 2. The fraction of sp³-hybridized carbons (Fsp3) is 0.125. The van der Waals surface area contributed by atoms with Gasteiger partial charge in [-0.25, -0.2) is 9.37 Å². The molecule has 2 N–H and O–H groups in total. The number of pyridine rings is 2. The highest BCUT2D eigenvalue weighted by Gasteiger charge is 2.14. The Labute approximate surface area is 116 Å². The normalized spacial score (nSPS) is 12.6. The Kier molecular flexibility index (Phi) is 3.16. The Bertz CT molecular complexity index is 754. The van der Waals surface area contributed by atoms with E-state index in [1.807, 2.05) is 37.3 Å². The Morgan fingerprint density at radius 1 is 1.15 bits per heavy atom. The van der Waals surface area contributed by atoms with Gasteiger partial charge in [-0.1, -0.05) is 18.2 Å². The SMILES string of the molecule is C[C@H](N)c1cc2cccc(F)c2nc1-c1ccccn1. The third-order valence-corrected chi connectivity index (χ3v) is 3.22. The van der Waals surface area contributed by atoms with Crippen LogP contribution < -0.4 is 5.73 Å². The number of fused-ring (bicyclic) bond motifs is 1. The summed E-state index contributed by atoms with van der Waals surface area (Å²) >= 11 is 0. The van der Waals surface area contributed by atoms with E-state index in [1.54, 1.807) is 12.3 Å². The van der Waals surface area contributed by atoms with Gasteiger partial charge in [0, 0.05) is 17.6 Å². The molecule has 0 aliphatic rings. The molecule has 0 radical (unpaired) electrons. The van der Waals surface area contributed by atoms with Gasteiger partial charge in [0.2, 0.25) is 0 Å². The molecule has 20 heavy (non-hydrogen) atoms. The van der Waals surface area contributed by atoms with Crippen molar-refractivity contribution >= 4 is 10.9 Å². The van der Waals surface area contributed by atoms with Gasteiger partial charge in [-0.15, -0.1) is 0 Å². The summed E-state index contributed by atoms with van der Waals surface area (Å²) in [5.74, 6) is -0.337. The van der Waals surface area contributed by atoms with E-state index >= 15 is 0 Å². The zero-order chi connectivity index (χ0) is 14.1. The minimum Gasteiger partial charge on any atom is -0.324 e. The van der Waals surface area contributed by atoms with E-state index in [0.29, 0.717) is 16.9 Å². The Morgan fingerprint density at radius 2 is 2.00 bits per heavy atom. The predicted octanol–water partition coefficient (Wildman–Crippen LogP) is 3.46. The predicted molar refractivity (Wildman–Crippen MR) is 77.5 cm³/mol. The largest absolute Gasteiger partial charge is 0.324 e. The van der Waals surface area contributed by atoms with Gasteiger partial charge in [-0.05, 0) is 36.8 Å². The first-order valence-electron chi connectivity index (χ1n) is 6.43. The average Bonchev–Trinajstić information content (AvgIpc) is 2.47. The summed E-state index contributed by atoms with van der Waals surface area (Å²) in [5, 5.41) is 0.747. The molecule has 2 aromatic heterocycles. The molecule has 100 valence electrons. The highest BCUT2D eigenvalue weighted by Crippen LogP contribution is 2.28. The molecule has 0 spiro atoms. The first-order chi connectivity index (χ1) is 9.66. The molecule has 0 aliphatic heterocycles. The summed E-state index contributed by atoms with van der Waals surface area (Å²) in [5.41, 5.74) is 8.56. The third-order valence-electron chi connectivity index (χ3n) is 3.22. The molecule has 3 nitrogen and oxygen atoms in total. The highest BCUT2D eigenvalue weighted by molar-refractivity contribution is 5.83. The van der Waals surface area contributed by atoms with Crippen LogP contribution in [0.3, 0.4) is 0 Å². The monoisotopic (exact) mass is 267 g/mol. The minimum atomic E-state index is -0.337. The summed E-state index contributed by atoms with van der Waals surface area (Å²) in [4.78, 5) is 8.74. The van der Waals surface area contributed by atoms with Gasteiger partial charge in [0.05, 0.1) is 11.4 Å². The highest BCUT2D eigenvalue weighted by atomic mass is 19.1. The molecule has 0 amide bonds. The maximum absolute atomic E-state index is 13.9. The van der Waals surface area contributed by atoms with E-state index < -0.39 is 0 Å². The number of benzene rings is 1. The van der Waals surface area contributed by atoms with Crippen LogP contribution in [0.15, 0.2) is 48.7 Å². The summed E-state index contributed by atoms with van der Waals surface area (Å²) in [7, 11) is 0. The van der Waals surface area contributed by atoms with Crippen LogP contribution in [0.5, 0.6) is 0 Å². The van der Waals surface area contributed by atoms with Crippen LogP contribution in [0.25, 0.3) is 22.3 Å². The van der Waals surface area contributed by atoms with Crippen molar-refractivity contribution in [3.05, 3.63) is 60.0 Å². The zero-order valence-electron chi connectivity index (χ0n) is 11.0. The fourth-order valence-electron chi connectivity index (χ4n) is 2.23. The van der Waals surface area contributed by atoms with E-state index in [0.717, 1.165) is 10.9 Å². The molecule has 0 unspecified atom stereocenters. The van der Waals surface area contributed by atoms with Crippen molar-refractivity contribution < 1.29 is 4.39 Å². The first-order valence-corrected chi connectivity index (χ1v) is 6.43. The van der Waals surface area contributed by atoms with Crippen LogP contribution in [0.4, 0.5) is 4.39 Å². The van der Waals surface area contributed by atoms with Crippen molar-refractivity contribution in [1.82, 2.24) is 9.97 Å². The van der Waals surface area contributed by atoms with E-state index in [4.69, 9.17) is 5.73 Å². The molecule has 0 fully saturated rings. The van der Waals surface area contributed by atoms with E-state index in [-0.39, 0.29) is 11.9 Å². The van der Waals surface area contributed by atoms with Crippen molar-refractivity contribution in [2.24, 2.45) is 5.73 Å². The number of rotatable bonds is 2. The molecular formula is C16H14FN3. The molecule has 0 aliphatic carbocycles. The molecule has 3 aromatic rings. The number of nitrogens with two attached hydrogens (primary N) is 1. The van der Waals surface area contributed by atoms with Crippen molar-refractivity contribution in [2.75, 3.05) is 0 Å². The van der Waals surface area contributed by atoms with Crippen LogP contribution in [-0.2, 0) is 0 Å². The van der Waals surface area contributed by atoms with Gasteiger partial charge in [0.25, 0.3) is 0 Å². The number of nitrogens with zero attached hydrogens (tertiary/aromatic N) is 2. The van der Waals surface area contributed by atoms with Crippen molar-refractivity contribution in [2.45, 2.75) is 13.0 Å². The van der Waals surface area contributed by atoms with Crippen molar-refractivity contribution in [3.63, 3.8) is 0 Å². The Hall–Kier alpha value is -2.33. The lowest BCUT2D eigenvalue weighted by molar-refractivity contribution is 0.636. The molecule has 1 aromatic carbocycles. The lowest BCUT2D eigenvalue weighted by Gasteiger charge is -2.13. The molecule has 2 heterocycles. The van der Waals surface area contributed by atoms with Crippen LogP contribution >= 0.6 is 0 Å². The minimum absolute atomic E-state index is 0.202. The fourth-order valence-corrected chi connectivity index (χ4v) is 2.23. The van der Waals surface area contributed by atoms with Crippen LogP contribution in [0.1, 0.15) is 18.5 Å². The maximum Gasteiger partial charge on any atom is 0.149 e. The van der Waals surface area contributed by atoms with E-state index in [9.17, 15) is 4.39 Å². The number of halogens is 1. The molecule has 4 heteroatoms. The van der Waals surface area contributed by atoms with E-state index in [1.165, 1.54) is 6.07 Å². The molecule has 0 saturated heterocycles. The Balaban J connectivity index is 2.34. The summed E-state index contributed by atoms with van der Waals surface area (Å²) in [6.07, 6.45) is 1.69. The number of hydrogen-bond acceptors (Lipinski definition) is 3. The Morgan fingerprint density at radius 3 is 2.70 bits per heavy atom. The second-order valence-corrected chi connectivity index (χ2v) is 4.74. The first kappa shape index (κ1) is 12.7. The van der Waals surface area contributed by atoms with Crippen molar-refractivity contribution in [1.29, 1.82) is 0 Å². The maximum atomic E-state index is 13.9. The molecule has 0 saturated carbocycles. The van der Waals surface area contributed by atoms with Gasteiger partial charge >= 0.3 is 0 Å². The molecule has 3 rings (SSSR count). The number of hydrogen-bond donors (Lipinski definition) is 1. The topological polar surface area (TPSA) is 51.8 Å². The standard InChI is InChI=1S/C16H14FN3/c1-10(18)12-9-11-5-4-6-13(17)15(11)20-16(12)14-7-2-3-8-19-14/h2-10H,18H2,1H3/t10-/m0/s1. The zero-order valence-corrected chi connectivity index (χ0v) is 11.0. The summed E-state index contributed by atoms with van der Waals surface area (Å²) in [6.45, 7) is 1.88. The second kappa shape index (κ2) is 4.98. The molecule has 1 atom stereocenters. The van der Waals surface area contributed by atoms with Gasteiger partial charge < -0.3 is 5.73 Å². The lowest BCUT2D eigenvalue weighted by atomic mass is 10.0. The molecule has 0 bridgehead atoms. The molecular weight excluding hydrogens is 253 g/mol. The second-order valence-electron chi connectivity index (χ2n) is 4.74. The lowest BCUT2D eigenvalue weighted by Crippen LogP contribution is -2.08. The van der Waals surface area contributed by atoms with Crippen LogP contribution in [-0.4, -0.2) is 9.97 Å². The van der Waals surface area contributed by atoms with Gasteiger partial charge in [-0.3, -0.25) is 4.98 Å². The summed E-state index contributed by atoms with van der Waals surface area (Å²) in [6, 6.07) is 12.2. The summed E-state index contributed by atoms with van der Waals surface area (Å²) < 4.78 is 13.9. The van der Waals surface area contributed by atoms with Gasteiger partial charge in [0.15, 0.2) is 0 Å². The number of para-hydroxylation sites is 1. The van der Waals surface area contributed by atoms with Crippen LogP contribution in [0.2, 0.25) is 0 Å². The average molecular weight is 267 g/mol. The smallest absolute Gasteiger partial charge is 0.149 e. The van der Waals surface area contributed by atoms with E-state index in [2.05, 4.69) is 9.97 Å².